The highest BCUT2D eigenvalue weighted by atomic mass is 35.5. The Hall–Kier alpha value is -3.46. The molecular weight excluding hydrogens is 478 g/mol. The topological polar surface area (TPSA) is 79.5 Å². The van der Waals surface area contributed by atoms with Crippen LogP contribution in [-0.4, -0.2) is 23.5 Å². The maximum absolute atomic E-state index is 12.7. The molecule has 1 aromatic heterocycles. The summed E-state index contributed by atoms with van der Waals surface area (Å²) >= 11 is 12.9. The van der Waals surface area contributed by atoms with E-state index in [0.717, 1.165) is 10.1 Å². The first kappa shape index (κ1) is 22.7. The Kier molecular flexibility index (Phi) is 7.19. The van der Waals surface area contributed by atoms with Gasteiger partial charge in [0.25, 0.3) is 11.8 Å². The molecule has 0 radical (unpaired) electrons. The van der Waals surface area contributed by atoms with E-state index < -0.39 is 0 Å². The van der Waals surface area contributed by atoms with E-state index in [4.69, 9.17) is 28.6 Å². The molecule has 4 rings (SSSR count). The molecule has 0 aliphatic carbocycles. The Morgan fingerprint density at radius 3 is 2.36 bits per heavy atom. The maximum Gasteiger partial charge on any atom is 0.269 e. The quantitative estimate of drug-likeness (QED) is 0.299. The van der Waals surface area contributed by atoms with Crippen LogP contribution in [-0.2, 0) is 4.79 Å². The number of thiophene rings is 1. The minimum Gasteiger partial charge on any atom is -0.484 e. The molecule has 6 nitrogen and oxygen atoms in total. The fraction of sp³-hybridized carbons (Fsp3) is 0.0417. The van der Waals surface area contributed by atoms with Crippen molar-refractivity contribution < 1.29 is 14.3 Å². The summed E-state index contributed by atoms with van der Waals surface area (Å²) < 4.78 is 6.37. The van der Waals surface area contributed by atoms with E-state index >= 15 is 0 Å². The molecular formula is C24H18ClN3O3S2. The van der Waals surface area contributed by atoms with Gasteiger partial charge in [-0.25, -0.2) is 0 Å². The number of hydrogen-bond donors (Lipinski definition) is 3. The van der Waals surface area contributed by atoms with Crippen LogP contribution in [0.5, 0.6) is 5.75 Å². The molecule has 0 spiro atoms. The summed E-state index contributed by atoms with van der Waals surface area (Å²) in [6, 6.07) is 23.6. The van der Waals surface area contributed by atoms with Crippen molar-refractivity contribution in [3.8, 4) is 5.75 Å². The van der Waals surface area contributed by atoms with Gasteiger partial charge in [-0.2, -0.15) is 0 Å². The number of fused-ring (bicyclic) bond motifs is 1. The van der Waals surface area contributed by atoms with Crippen molar-refractivity contribution in [3.05, 3.63) is 88.8 Å². The van der Waals surface area contributed by atoms with Crippen LogP contribution < -0.4 is 20.7 Å². The lowest BCUT2D eigenvalue weighted by Crippen LogP contribution is -2.33. The largest absolute Gasteiger partial charge is 0.484 e. The van der Waals surface area contributed by atoms with Crippen LogP contribution in [0.3, 0.4) is 0 Å². The molecule has 2 amide bonds. The number of anilines is 2. The summed E-state index contributed by atoms with van der Waals surface area (Å²) in [7, 11) is 0. The molecule has 33 heavy (non-hydrogen) atoms. The van der Waals surface area contributed by atoms with Gasteiger partial charge in [-0.05, 0) is 48.6 Å². The third-order valence-electron chi connectivity index (χ3n) is 4.49. The highest BCUT2D eigenvalue weighted by molar-refractivity contribution is 7.80. The molecule has 0 fully saturated rings. The predicted molar refractivity (Wildman–Crippen MR) is 138 cm³/mol. The summed E-state index contributed by atoms with van der Waals surface area (Å²) in [5, 5.41) is 9.70. The maximum atomic E-state index is 12.7. The number of amides is 2. The van der Waals surface area contributed by atoms with Gasteiger partial charge in [-0.15, -0.1) is 11.3 Å². The molecule has 166 valence electrons. The smallest absolute Gasteiger partial charge is 0.269 e. The normalized spacial score (nSPS) is 10.5. The number of benzene rings is 3. The van der Waals surface area contributed by atoms with Crippen LogP contribution in [0.4, 0.5) is 11.4 Å². The summed E-state index contributed by atoms with van der Waals surface area (Å²) in [5.74, 6) is -0.0737. The van der Waals surface area contributed by atoms with Crippen LogP contribution >= 0.6 is 35.2 Å². The number of carbonyl (C=O) groups is 2. The van der Waals surface area contributed by atoms with Gasteiger partial charge in [0, 0.05) is 21.5 Å². The van der Waals surface area contributed by atoms with Crippen LogP contribution in [0.1, 0.15) is 9.67 Å². The van der Waals surface area contributed by atoms with Crippen molar-refractivity contribution in [3.63, 3.8) is 0 Å². The molecule has 3 N–H and O–H groups in total. The van der Waals surface area contributed by atoms with E-state index in [1.54, 1.807) is 36.4 Å². The fourth-order valence-electron chi connectivity index (χ4n) is 3.02. The van der Waals surface area contributed by atoms with Crippen molar-refractivity contribution in [2.45, 2.75) is 0 Å². The monoisotopic (exact) mass is 495 g/mol. The number of para-hydroxylation sites is 1. The molecule has 0 saturated carbocycles. The first-order chi connectivity index (χ1) is 16.0. The van der Waals surface area contributed by atoms with Gasteiger partial charge in [0.2, 0.25) is 0 Å². The van der Waals surface area contributed by atoms with Crippen LogP contribution in [0.15, 0.2) is 78.9 Å². The zero-order chi connectivity index (χ0) is 23.2. The molecule has 0 aliphatic rings. The van der Waals surface area contributed by atoms with Crippen molar-refractivity contribution in [1.29, 1.82) is 0 Å². The lowest BCUT2D eigenvalue weighted by molar-refractivity contribution is -0.118. The van der Waals surface area contributed by atoms with Crippen molar-refractivity contribution >= 4 is 73.5 Å². The van der Waals surface area contributed by atoms with Crippen molar-refractivity contribution in [1.82, 2.24) is 5.32 Å². The van der Waals surface area contributed by atoms with E-state index in [9.17, 15) is 9.59 Å². The highest BCUT2D eigenvalue weighted by Crippen LogP contribution is 2.35. The minimum absolute atomic E-state index is 0.115. The van der Waals surface area contributed by atoms with Crippen molar-refractivity contribution in [2.75, 3.05) is 17.2 Å². The summed E-state index contributed by atoms with van der Waals surface area (Å²) in [6.45, 7) is -0.119. The van der Waals surface area contributed by atoms with Crippen LogP contribution in [0.25, 0.3) is 10.1 Å². The summed E-state index contributed by atoms with van der Waals surface area (Å²) in [6.07, 6.45) is 0. The number of hydrogen-bond acceptors (Lipinski definition) is 5. The molecule has 0 bridgehead atoms. The standard InChI is InChI=1S/C24H18ClN3O3S2/c25-21-18-11-4-5-12-19(18)33-22(21)23(30)28-24(32)27-16-8-6-7-15(13-16)26-20(29)14-31-17-9-2-1-3-10-17/h1-13H,14H2,(H,26,29)(H2,27,28,30,32). The number of thiocarbonyl (C=S) groups is 1. The third-order valence-corrected chi connectivity index (χ3v) is 6.36. The first-order valence-corrected chi connectivity index (χ1v) is 11.5. The summed E-state index contributed by atoms with van der Waals surface area (Å²) in [5.41, 5.74) is 1.16. The average molecular weight is 496 g/mol. The van der Waals surface area contributed by atoms with Gasteiger partial charge in [0.15, 0.2) is 11.7 Å². The summed E-state index contributed by atoms with van der Waals surface area (Å²) in [4.78, 5) is 25.2. The van der Waals surface area contributed by atoms with Gasteiger partial charge in [0.1, 0.15) is 10.6 Å². The van der Waals surface area contributed by atoms with E-state index in [-0.39, 0.29) is 23.5 Å². The number of ether oxygens (including phenoxy) is 1. The Bertz CT molecular complexity index is 1330. The van der Waals surface area contributed by atoms with Crippen LogP contribution in [0.2, 0.25) is 5.02 Å². The van der Waals surface area contributed by atoms with Crippen molar-refractivity contribution in [2.24, 2.45) is 0 Å². The predicted octanol–water partition coefficient (Wildman–Crippen LogP) is 5.70. The van der Waals surface area contributed by atoms with E-state index in [1.165, 1.54) is 11.3 Å². The number of halogens is 1. The molecule has 3 aromatic carbocycles. The Labute approximate surface area is 204 Å². The Morgan fingerprint density at radius 1 is 0.909 bits per heavy atom. The number of rotatable bonds is 6. The molecule has 1 heterocycles. The fourth-order valence-corrected chi connectivity index (χ4v) is 4.64. The minimum atomic E-state index is -0.388. The zero-order valence-corrected chi connectivity index (χ0v) is 19.5. The van der Waals surface area contributed by atoms with E-state index in [1.807, 2.05) is 42.5 Å². The third kappa shape index (κ3) is 5.87. The van der Waals surface area contributed by atoms with Gasteiger partial charge >= 0.3 is 0 Å². The lowest BCUT2D eigenvalue weighted by atomic mass is 10.2. The Morgan fingerprint density at radius 2 is 1.61 bits per heavy atom. The second-order valence-corrected chi connectivity index (χ2v) is 8.72. The second kappa shape index (κ2) is 10.4. The first-order valence-electron chi connectivity index (χ1n) is 9.87. The van der Waals surface area contributed by atoms with Gasteiger partial charge in [-0.3, -0.25) is 14.9 Å². The van der Waals surface area contributed by atoms with E-state index in [0.29, 0.717) is 27.0 Å². The molecule has 0 saturated heterocycles. The average Bonchev–Trinajstić information content (AvgIpc) is 3.15. The van der Waals surface area contributed by atoms with Gasteiger partial charge in [-0.1, -0.05) is 54.1 Å². The van der Waals surface area contributed by atoms with Gasteiger partial charge in [0.05, 0.1) is 5.02 Å². The molecule has 9 heteroatoms. The van der Waals surface area contributed by atoms with Crippen LogP contribution in [0, 0.1) is 0 Å². The number of carbonyl (C=O) groups excluding carboxylic acids is 2. The molecule has 0 unspecified atom stereocenters. The zero-order valence-electron chi connectivity index (χ0n) is 17.1. The lowest BCUT2D eigenvalue weighted by Gasteiger charge is -2.11. The van der Waals surface area contributed by atoms with Gasteiger partial charge < -0.3 is 15.4 Å². The molecule has 0 aliphatic heterocycles. The highest BCUT2D eigenvalue weighted by Gasteiger charge is 2.18. The van der Waals surface area contributed by atoms with E-state index in [2.05, 4.69) is 16.0 Å². The molecule has 0 atom stereocenters. The molecule has 4 aromatic rings. The Balaban J connectivity index is 1.33. The second-order valence-electron chi connectivity index (χ2n) is 6.88. The SMILES string of the molecule is O=C(COc1ccccc1)Nc1cccc(NC(=S)NC(=O)c2sc3ccccc3c2Cl)c1. The number of nitrogens with one attached hydrogen (secondary N) is 3.